The molecule has 1 fully saturated rings. The molecule has 0 bridgehead atoms. The zero-order valence-electron chi connectivity index (χ0n) is 21.1. The second kappa shape index (κ2) is 9.66. The first-order valence-corrected chi connectivity index (χ1v) is 12.5. The minimum Gasteiger partial charge on any atom is -0.478 e. The molecule has 1 atom stereocenters. The molecule has 1 aromatic carbocycles. The van der Waals surface area contributed by atoms with E-state index in [1.54, 1.807) is 44.4 Å². The van der Waals surface area contributed by atoms with E-state index >= 15 is 0 Å². The summed E-state index contributed by atoms with van der Waals surface area (Å²) in [5, 5.41) is 18.3. The van der Waals surface area contributed by atoms with E-state index in [4.69, 9.17) is 5.11 Å². The quantitative estimate of drug-likeness (QED) is 0.361. The molecule has 1 unspecified atom stereocenters. The molecule has 1 aliphatic heterocycles. The van der Waals surface area contributed by atoms with Crippen molar-refractivity contribution in [2.75, 3.05) is 13.1 Å². The summed E-state index contributed by atoms with van der Waals surface area (Å²) in [7, 11) is 1.83. The van der Waals surface area contributed by atoms with Crippen LogP contribution in [-0.4, -0.2) is 57.7 Å². The highest BCUT2D eigenvalue weighted by Crippen LogP contribution is 2.27. The zero-order chi connectivity index (χ0) is 27.1. The molecule has 5 heterocycles. The number of carboxylic acids is 1. The molecule has 0 saturated carbocycles. The summed E-state index contributed by atoms with van der Waals surface area (Å²) in [6.45, 7) is 2.05. The number of aromatic carboxylic acids is 1. The van der Waals surface area contributed by atoms with E-state index in [9.17, 15) is 14.9 Å². The third kappa shape index (κ3) is 4.26. The predicted molar refractivity (Wildman–Crippen MR) is 142 cm³/mol. The van der Waals surface area contributed by atoms with Crippen LogP contribution in [0.4, 0.5) is 0 Å². The number of carboxylic acid groups (broad SMARTS) is 1. The Balaban J connectivity index is 1.30. The van der Waals surface area contributed by atoms with Gasteiger partial charge in [-0.3, -0.25) is 19.0 Å². The van der Waals surface area contributed by atoms with E-state index < -0.39 is 5.97 Å². The van der Waals surface area contributed by atoms with E-state index in [1.807, 2.05) is 31.3 Å². The number of hydrogen-bond acceptors (Lipinski definition) is 7. The number of rotatable bonds is 6. The molecule has 6 rings (SSSR count). The average Bonchev–Trinajstić information content (AvgIpc) is 3.64. The molecule has 1 N–H and O–H groups in total. The Morgan fingerprint density at radius 2 is 1.92 bits per heavy atom. The molecule has 0 radical (unpaired) electrons. The lowest BCUT2D eigenvalue weighted by atomic mass is 10.1. The number of hydrogen-bond donors (Lipinski definition) is 1. The first-order valence-electron chi connectivity index (χ1n) is 12.5. The van der Waals surface area contributed by atoms with Crippen molar-refractivity contribution >= 4 is 17.1 Å². The number of aromatic nitrogens is 6. The molecule has 11 nitrogen and oxygen atoms in total. The number of fused-ring (bicyclic) bond motifs is 1. The van der Waals surface area contributed by atoms with Gasteiger partial charge in [0, 0.05) is 31.9 Å². The lowest BCUT2D eigenvalue weighted by Gasteiger charge is -2.16. The number of likely N-dealkylation sites (tertiary alicyclic amines) is 1. The molecule has 194 valence electrons. The normalized spacial score (nSPS) is 15.5. The van der Waals surface area contributed by atoms with Gasteiger partial charge in [-0.05, 0) is 42.8 Å². The Morgan fingerprint density at radius 3 is 2.62 bits per heavy atom. The van der Waals surface area contributed by atoms with Crippen molar-refractivity contribution in [1.29, 1.82) is 5.26 Å². The summed E-state index contributed by atoms with van der Waals surface area (Å²) in [4.78, 5) is 40.7. The van der Waals surface area contributed by atoms with Crippen molar-refractivity contribution in [3.05, 3.63) is 94.7 Å². The van der Waals surface area contributed by atoms with Gasteiger partial charge in [0.15, 0.2) is 5.65 Å². The largest absolute Gasteiger partial charge is 0.478 e. The SMILES string of the molecule is Cn1c(C#N)cnc1CN1CCC(n2c(=O)n(-c3ccc(-c4ccc(C(=O)O)cc4)nc3)c3cccnc32)C1. The Bertz CT molecular complexity index is 1790. The minimum atomic E-state index is -0.982. The van der Waals surface area contributed by atoms with Gasteiger partial charge in [0.1, 0.15) is 17.6 Å². The van der Waals surface area contributed by atoms with Gasteiger partial charge in [-0.25, -0.2) is 19.6 Å². The van der Waals surface area contributed by atoms with E-state index in [-0.39, 0.29) is 17.3 Å². The van der Waals surface area contributed by atoms with Crippen LogP contribution in [-0.2, 0) is 13.6 Å². The van der Waals surface area contributed by atoms with Gasteiger partial charge in [-0.1, -0.05) is 12.1 Å². The molecule has 0 spiro atoms. The number of benzene rings is 1. The van der Waals surface area contributed by atoms with E-state index in [2.05, 4.69) is 25.9 Å². The molecule has 0 amide bonds. The number of carbonyl (C=O) groups is 1. The van der Waals surface area contributed by atoms with E-state index in [0.717, 1.165) is 24.4 Å². The summed E-state index contributed by atoms with van der Waals surface area (Å²) in [5.74, 6) is -0.173. The number of pyridine rings is 2. The maximum absolute atomic E-state index is 13.8. The van der Waals surface area contributed by atoms with Crippen molar-refractivity contribution in [3.8, 4) is 23.0 Å². The van der Waals surface area contributed by atoms with Crippen LogP contribution in [0.3, 0.4) is 0 Å². The van der Waals surface area contributed by atoms with Crippen molar-refractivity contribution in [2.24, 2.45) is 7.05 Å². The summed E-state index contributed by atoms with van der Waals surface area (Å²) in [6.07, 6.45) is 5.70. The number of imidazole rings is 2. The first kappa shape index (κ1) is 24.3. The van der Waals surface area contributed by atoms with E-state index in [0.29, 0.717) is 41.3 Å². The van der Waals surface area contributed by atoms with Crippen molar-refractivity contribution in [1.82, 2.24) is 33.6 Å². The van der Waals surface area contributed by atoms with Crippen LogP contribution in [0.5, 0.6) is 0 Å². The van der Waals surface area contributed by atoms with Gasteiger partial charge >= 0.3 is 11.7 Å². The topological polar surface area (TPSA) is 135 Å². The molecular formula is C28H24N8O3. The van der Waals surface area contributed by atoms with Crippen LogP contribution in [0.15, 0.2) is 71.9 Å². The van der Waals surface area contributed by atoms with Crippen LogP contribution >= 0.6 is 0 Å². The fraction of sp³-hybridized carbons (Fsp3) is 0.214. The fourth-order valence-corrected chi connectivity index (χ4v) is 5.17. The van der Waals surface area contributed by atoms with E-state index in [1.165, 1.54) is 12.1 Å². The molecular weight excluding hydrogens is 496 g/mol. The third-order valence-electron chi connectivity index (χ3n) is 7.24. The highest BCUT2D eigenvalue weighted by atomic mass is 16.4. The lowest BCUT2D eigenvalue weighted by Crippen LogP contribution is -2.29. The fourth-order valence-electron chi connectivity index (χ4n) is 5.17. The summed E-state index contributed by atoms with van der Waals surface area (Å²) >= 11 is 0. The van der Waals surface area contributed by atoms with Gasteiger partial charge in [0.25, 0.3) is 0 Å². The molecule has 4 aromatic heterocycles. The minimum absolute atomic E-state index is 0.0631. The smallest absolute Gasteiger partial charge is 0.335 e. The van der Waals surface area contributed by atoms with Crippen molar-refractivity contribution < 1.29 is 9.90 Å². The van der Waals surface area contributed by atoms with Crippen molar-refractivity contribution in [2.45, 2.75) is 19.0 Å². The molecule has 0 aliphatic carbocycles. The predicted octanol–water partition coefficient (Wildman–Crippen LogP) is 3.00. The maximum atomic E-state index is 13.8. The monoisotopic (exact) mass is 520 g/mol. The van der Waals surface area contributed by atoms with Crippen LogP contribution < -0.4 is 5.69 Å². The summed E-state index contributed by atoms with van der Waals surface area (Å²) < 4.78 is 5.20. The van der Waals surface area contributed by atoms with Gasteiger partial charge in [-0.2, -0.15) is 5.26 Å². The van der Waals surface area contributed by atoms with Crippen LogP contribution in [0.1, 0.15) is 34.3 Å². The molecule has 5 aromatic rings. The highest BCUT2D eigenvalue weighted by Gasteiger charge is 2.29. The zero-order valence-corrected chi connectivity index (χ0v) is 21.1. The Kier molecular flexibility index (Phi) is 6.01. The summed E-state index contributed by atoms with van der Waals surface area (Å²) in [5.41, 5.74) is 3.93. The van der Waals surface area contributed by atoms with Crippen LogP contribution in [0, 0.1) is 11.3 Å². The average molecular weight is 521 g/mol. The summed E-state index contributed by atoms with van der Waals surface area (Å²) in [6, 6.07) is 15.9. The van der Waals surface area contributed by atoms with Crippen LogP contribution in [0.25, 0.3) is 28.1 Å². The highest BCUT2D eigenvalue weighted by molar-refractivity contribution is 5.88. The molecule has 1 saturated heterocycles. The lowest BCUT2D eigenvalue weighted by molar-refractivity contribution is 0.0697. The van der Waals surface area contributed by atoms with Gasteiger partial charge in [0.2, 0.25) is 0 Å². The number of nitriles is 1. The van der Waals surface area contributed by atoms with Crippen molar-refractivity contribution in [3.63, 3.8) is 0 Å². The third-order valence-corrected chi connectivity index (χ3v) is 7.24. The second-order valence-electron chi connectivity index (χ2n) is 9.53. The molecule has 1 aliphatic rings. The number of nitrogens with zero attached hydrogens (tertiary/aromatic N) is 8. The van der Waals surface area contributed by atoms with Crippen LogP contribution in [0.2, 0.25) is 0 Å². The van der Waals surface area contributed by atoms with Gasteiger partial charge < -0.3 is 9.67 Å². The maximum Gasteiger partial charge on any atom is 0.335 e. The van der Waals surface area contributed by atoms with Gasteiger partial charge in [0.05, 0.1) is 47.4 Å². The van der Waals surface area contributed by atoms with Gasteiger partial charge in [-0.15, -0.1) is 0 Å². The first-order chi connectivity index (χ1) is 18.9. The Morgan fingerprint density at radius 1 is 1.10 bits per heavy atom. The molecule has 11 heteroatoms. The standard InChI is InChI=1S/C28H24N8O3/c1-33-22(13-29)15-32-25(33)17-34-12-10-21(16-34)36-26-24(3-2-11-30-26)35(28(36)39)20-8-9-23(31-14-20)18-4-6-19(7-5-18)27(37)38/h2-9,11,14-15,21H,10,12,16-17H2,1H3,(H,37,38). The Labute approximate surface area is 222 Å². The Hall–Kier alpha value is -5.08. The second-order valence-corrected chi connectivity index (χ2v) is 9.53. The molecule has 39 heavy (non-hydrogen) atoms.